The molecule has 1 aromatic heterocycles. The first kappa shape index (κ1) is 28.3. The van der Waals surface area contributed by atoms with E-state index in [0.717, 1.165) is 16.5 Å². The van der Waals surface area contributed by atoms with Gasteiger partial charge in [0.1, 0.15) is 34.8 Å². The Morgan fingerprint density at radius 2 is 1.75 bits per heavy atom. The fourth-order valence-corrected chi connectivity index (χ4v) is 5.84. The Bertz CT molecular complexity index is 1380. The summed E-state index contributed by atoms with van der Waals surface area (Å²) in [6, 6.07) is 9.08. The molecule has 1 aliphatic heterocycles. The van der Waals surface area contributed by atoms with E-state index in [1.807, 2.05) is 36.1 Å². The second kappa shape index (κ2) is 10.3. The van der Waals surface area contributed by atoms with E-state index in [-0.39, 0.29) is 36.0 Å². The highest BCUT2D eigenvalue weighted by atomic mass is 19.1. The zero-order valence-corrected chi connectivity index (χ0v) is 23.9. The summed E-state index contributed by atoms with van der Waals surface area (Å²) < 4.78 is 57.8. The average molecular weight is 558 g/mol. The molecule has 1 saturated carbocycles. The third kappa shape index (κ3) is 5.94. The quantitative estimate of drug-likeness (QED) is 0.344. The van der Waals surface area contributed by atoms with Gasteiger partial charge in [0.15, 0.2) is 0 Å². The Labute approximate surface area is 233 Å². The van der Waals surface area contributed by atoms with Gasteiger partial charge in [-0.1, -0.05) is 18.2 Å². The van der Waals surface area contributed by atoms with Crippen molar-refractivity contribution in [2.24, 2.45) is 0 Å². The predicted molar refractivity (Wildman–Crippen MR) is 148 cm³/mol. The van der Waals surface area contributed by atoms with Gasteiger partial charge in [0.2, 0.25) is 0 Å². The highest BCUT2D eigenvalue weighted by Crippen LogP contribution is 2.44. The summed E-state index contributed by atoms with van der Waals surface area (Å²) in [4.78, 5) is 17.2. The number of hydrogen-bond donors (Lipinski definition) is 2. The number of alkyl carbamates (subject to hydrolysis) is 1. The molecule has 1 amide bonds. The molecule has 0 bridgehead atoms. The van der Waals surface area contributed by atoms with Crippen LogP contribution in [0.2, 0.25) is 0 Å². The molecular weight excluding hydrogens is 519 g/mol. The van der Waals surface area contributed by atoms with Crippen LogP contribution in [0.15, 0.2) is 36.4 Å². The van der Waals surface area contributed by atoms with E-state index >= 15 is 8.78 Å². The van der Waals surface area contributed by atoms with Crippen LogP contribution in [-0.2, 0) is 11.2 Å². The molecule has 0 saturated heterocycles. The van der Waals surface area contributed by atoms with Gasteiger partial charge < -0.3 is 19.8 Å². The Morgan fingerprint density at radius 3 is 2.38 bits per heavy atom. The lowest BCUT2D eigenvalue weighted by molar-refractivity contribution is 0.0361. The van der Waals surface area contributed by atoms with Gasteiger partial charge in [-0.2, -0.15) is 0 Å². The van der Waals surface area contributed by atoms with Crippen LogP contribution in [-0.4, -0.2) is 52.0 Å². The van der Waals surface area contributed by atoms with Crippen LogP contribution in [0.3, 0.4) is 0 Å². The summed E-state index contributed by atoms with van der Waals surface area (Å²) in [7, 11) is 0. The number of hydrogen-bond acceptors (Lipinski definition) is 4. The van der Waals surface area contributed by atoms with Crippen molar-refractivity contribution in [1.82, 2.24) is 15.2 Å². The van der Waals surface area contributed by atoms with Crippen molar-refractivity contribution in [2.75, 3.05) is 6.54 Å². The number of aromatic nitrogens is 1. The van der Waals surface area contributed by atoms with Crippen LogP contribution in [0, 0.1) is 11.6 Å². The van der Waals surface area contributed by atoms with Crippen molar-refractivity contribution in [2.45, 2.75) is 96.3 Å². The predicted octanol–water partition coefficient (Wildman–Crippen LogP) is 6.96. The highest BCUT2D eigenvalue weighted by molar-refractivity contribution is 5.85. The van der Waals surface area contributed by atoms with E-state index < -0.39 is 35.0 Å². The van der Waals surface area contributed by atoms with Crippen LogP contribution in [0.1, 0.15) is 77.2 Å². The molecule has 1 aliphatic carbocycles. The lowest BCUT2D eigenvalue weighted by atomic mass is 9.87. The minimum absolute atomic E-state index is 0.0128. The maximum absolute atomic E-state index is 15.8. The maximum Gasteiger partial charge on any atom is 0.407 e. The van der Waals surface area contributed by atoms with Gasteiger partial charge in [0, 0.05) is 65.8 Å². The van der Waals surface area contributed by atoms with E-state index in [1.54, 1.807) is 20.8 Å². The Kier molecular flexibility index (Phi) is 7.31. The van der Waals surface area contributed by atoms with Crippen molar-refractivity contribution in [3.05, 3.63) is 64.9 Å². The first-order valence-electron chi connectivity index (χ1n) is 13.9. The average Bonchev–Trinajstić information content (AvgIpc) is 3.15. The number of alkyl halides is 1. The van der Waals surface area contributed by atoms with Crippen molar-refractivity contribution in [3.8, 4) is 5.75 Å². The summed E-state index contributed by atoms with van der Waals surface area (Å²) in [6.45, 7) is 10.3. The molecule has 2 N–H and O–H groups in total. The molecule has 2 aromatic carbocycles. The van der Waals surface area contributed by atoms with E-state index in [9.17, 15) is 9.18 Å². The minimum Gasteiger partial charge on any atom is -0.490 e. The first-order valence-corrected chi connectivity index (χ1v) is 13.9. The Hall–Kier alpha value is -3.20. The smallest absolute Gasteiger partial charge is 0.407 e. The van der Waals surface area contributed by atoms with Crippen molar-refractivity contribution < 1.29 is 27.4 Å². The molecule has 2 atom stereocenters. The fourth-order valence-electron chi connectivity index (χ4n) is 5.84. The fraction of sp³-hybridized carbons (Fsp3) is 0.516. The number of rotatable bonds is 6. The van der Waals surface area contributed by atoms with Gasteiger partial charge in [-0.3, -0.25) is 4.90 Å². The highest BCUT2D eigenvalue weighted by Gasteiger charge is 2.41. The number of fused-ring (bicyclic) bond motifs is 3. The third-order valence-electron chi connectivity index (χ3n) is 7.52. The number of halogens is 3. The van der Waals surface area contributed by atoms with Crippen LogP contribution >= 0.6 is 0 Å². The molecule has 0 spiro atoms. The molecule has 0 radical (unpaired) electrons. The number of carbonyl (C=O) groups is 1. The molecule has 0 unspecified atom stereocenters. The lowest BCUT2D eigenvalue weighted by Gasteiger charge is -2.43. The third-order valence-corrected chi connectivity index (χ3v) is 7.52. The summed E-state index contributed by atoms with van der Waals surface area (Å²) in [5.41, 5.74) is 0.267. The Morgan fingerprint density at radius 1 is 1.10 bits per heavy atom. The first-order chi connectivity index (χ1) is 18.7. The number of H-pyrrole nitrogens is 1. The number of ether oxygens (including phenoxy) is 2. The summed E-state index contributed by atoms with van der Waals surface area (Å²) >= 11 is 0. The standard InChI is InChI=1S/C31H38F3N3O3/c1-17-11-22-21-9-7-8-10-25(21)36-27(22)28(37(17)16-31(5,6)34)26-23(32)14-20(15-24(26)33)39-19-12-18(13-19)35-29(38)40-30(2,3)4/h7-10,14-15,17-19,28,36H,11-13,16H2,1-6H3,(H,35,38)/t17-,18?,19?,28-/m1/s1. The molecule has 3 aromatic rings. The second-order valence-electron chi connectivity index (χ2n) is 12.8. The molecule has 1 fully saturated rings. The SMILES string of the molecule is C[C@@H]1Cc2c([nH]c3ccccc23)[C@@H](c2c(F)cc(OC3CC(NC(=O)OC(C)(C)C)C3)cc2F)N1CC(C)(C)F. The largest absolute Gasteiger partial charge is 0.490 e. The summed E-state index contributed by atoms with van der Waals surface area (Å²) in [6.07, 6.45) is 0.848. The second-order valence-corrected chi connectivity index (χ2v) is 12.8. The normalized spacial score (nSPS) is 23.4. The molecule has 9 heteroatoms. The molecule has 2 aliphatic rings. The number of benzene rings is 2. The summed E-state index contributed by atoms with van der Waals surface area (Å²) in [5.74, 6) is -1.41. The minimum atomic E-state index is -1.57. The lowest BCUT2D eigenvalue weighted by Crippen LogP contribution is -2.50. The van der Waals surface area contributed by atoms with Gasteiger partial charge in [-0.05, 0) is 59.6 Å². The van der Waals surface area contributed by atoms with Crippen LogP contribution < -0.4 is 10.1 Å². The van der Waals surface area contributed by atoms with Gasteiger partial charge in [0.05, 0.1) is 6.04 Å². The molecule has 5 rings (SSSR count). The molecule has 216 valence electrons. The van der Waals surface area contributed by atoms with E-state index in [1.165, 1.54) is 26.0 Å². The van der Waals surface area contributed by atoms with E-state index in [0.29, 0.717) is 25.0 Å². The van der Waals surface area contributed by atoms with Gasteiger partial charge in [-0.15, -0.1) is 0 Å². The Balaban J connectivity index is 1.39. The van der Waals surface area contributed by atoms with Crippen molar-refractivity contribution in [3.63, 3.8) is 0 Å². The van der Waals surface area contributed by atoms with E-state index in [2.05, 4.69) is 10.3 Å². The number of para-hydroxylation sites is 1. The topological polar surface area (TPSA) is 66.6 Å². The number of amides is 1. The van der Waals surface area contributed by atoms with Crippen LogP contribution in [0.4, 0.5) is 18.0 Å². The zero-order valence-electron chi connectivity index (χ0n) is 23.9. The number of nitrogens with one attached hydrogen (secondary N) is 2. The van der Waals surface area contributed by atoms with Gasteiger partial charge >= 0.3 is 6.09 Å². The van der Waals surface area contributed by atoms with Gasteiger partial charge in [0.25, 0.3) is 0 Å². The van der Waals surface area contributed by atoms with Crippen molar-refractivity contribution >= 4 is 17.0 Å². The van der Waals surface area contributed by atoms with Crippen LogP contribution in [0.5, 0.6) is 5.75 Å². The zero-order chi connectivity index (χ0) is 29.0. The number of nitrogens with zero attached hydrogens (tertiary/aromatic N) is 1. The summed E-state index contributed by atoms with van der Waals surface area (Å²) in [5, 5.41) is 3.79. The van der Waals surface area contributed by atoms with Crippen LogP contribution in [0.25, 0.3) is 10.9 Å². The molecule has 40 heavy (non-hydrogen) atoms. The molecular formula is C31H38F3N3O3. The monoisotopic (exact) mass is 557 g/mol. The van der Waals surface area contributed by atoms with Crippen molar-refractivity contribution in [1.29, 1.82) is 0 Å². The maximum atomic E-state index is 15.8. The van der Waals surface area contributed by atoms with E-state index in [4.69, 9.17) is 9.47 Å². The molecule has 2 heterocycles. The number of aromatic amines is 1. The van der Waals surface area contributed by atoms with Gasteiger partial charge in [-0.25, -0.2) is 18.0 Å². The molecule has 6 nitrogen and oxygen atoms in total. The number of carbonyl (C=O) groups excluding carboxylic acids is 1.